The first-order valence-electron chi connectivity index (χ1n) is 18.0. The highest BCUT2D eigenvalue weighted by molar-refractivity contribution is 7.86. The van der Waals surface area contributed by atoms with Gasteiger partial charge in [0.15, 0.2) is 8.32 Å². The third kappa shape index (κ3) is 7.88. The highest BCUT2D eigenvalue weighted by Crippen LogP contribution is 2.50. The molecule has 270 valence electrons. The molecule has 0 bridgehead atoms. The second kappa shape index (κ2) is 13.8. The van der Waals surface area contributed by atoms with Crippen LogP contribution in [-0.2, 0) is 30.6 Å². The molecule has 0 saturated heterocycles. The van der Waals surface area contributed by atoms with E-state index < -0.39 is 24.4 Å². The van der Waals surface area contributed by atoms with Crippen LogP contribution in [0, 0.1) is 17.8 Å². The minimum absolute atomic E-state index is 0.00478. The van der Waals surface area contributed by atoms with E-state index in [0.29, 0.717) is 24.9 Å². The molecule has 2 fully saturated rings. The van der Waals surface area contributed by atoms with E-state index in [0.717, 1.165) is 87.2 Å². The Morgan fingerprint density at radius 3 is 2.57 bits per heavy atom. The van der Waals surface area contributed by atoms with Gasteiger partial charge >= 0.3 is 5.97 Å². The van der Waals surface area contributed by atoms with Gasteiger partial charge in [0.1, 0.15) is 5.75 Å². The maximum Gasteiger partial charge on any atom is 0.335 e. The summed E-state index contributed by atoms with van der Waals surface area (Å²) >= 11 is 6.46. The lowest BCUT2D eigenvalue weighted by molar-refractivity contribution is -0.0368. The summed E-state index contributed by atoms with van der Waals surface area (Å²) in [5.41, 5.74) is 3.39. The van der Waals surface area contributed by atoms with Crippen LogP contribution in [0.1, 0.15) is 93.6 Å². The number of rotatable bonds is 9. The number of fused-ring (bicyclic) bond motifs is 3. The highest BCUT2D eigenvalue weighted by atomic mass is 35.5. The van der Waals surface area contributed by atoms with Crippen LogP contribution >= 0.6 is 11.6 Å². The Kier molecular flexibility index (Phi) is 10.3. The predicted octanol–water partition coefficient (Wildman–Crippen LogP) is 8.46. The van der Waals surface area contributed by atoms with Crippen molar-refractivity contribution in [2.24, 2.45) is 17.8 Å². The third-order valence-corrected chi connectivity index (χ3v) is 17.6. The molecule has 4 aliphatic rings. The Bertz CT molecular complexity index is 1660. The summed E-state index contributed by atoms with van der Waals surface area (Å²) in [5, 5.41) is 10.7. The summed E-state index contributed by atoms with van der Waals surface area (Å²) < 4.78 is 43.8. The Morgan fingerprint density at radius 1 is 1.12 bits per heavy atom. The molecule has 11 heteroatoms. The Balaban J connectivity index is 1.34. The Morgan fingerprint density at radius 2 is 1.90 bits per heavy atom. The molecular weight excluding hydrogens is 678 g/mol. The Labute approximate surface area is 299 Å². The highest BCUT2D eigenvalue weighted by Gasteiger charge is 2.49. The average molecular weight is 732 g/mol. The fourth-order valence-electron chi connectivity index (χ4n) is 8.65. The van der Waals surface area contributed by atoms with Gasteiger partial charge in [0.05, 0.1) is 36.3 Å². The number of ether oxygens (including phenoxy) is 1. The third-order valence-electron chi connectivity index (χ3n) is 12.3. The minimum atomic E-state index is -3.55. The zero-order valence-corrected chi connectivity index (χ0v) is 32.5. The van der Waals surface area contributed by atoms with Crippen LogP contribution < -0.4 is 9.64 Å². The molecule has 1 heterocycles. The second-order valence-corrected chi connectivity index (χ2v) is 23.6. The number of hydrogen-bond acceptors (Lipinski definition) is 7. The van der Waals surface area contributed by atoms with E-state index in [9.17, 15) is 18.3 Å². The number of nitrogens with zero attached hydrogens (tertiary/aromatic N) is 1. The number of carboxylic acids is 1. The van der Waals surface area contributed by atoms with E-state index in [-0.39, 0.29) is 34.1 Å². The minimum Gasteiger partial charge on any atom is -0.490 e. The van der Waals surface area contributed by atoms with Gasteiger partial charge in [-0.3, -0.25) is 4.18 Å². The van der Waals surface area contributed by atoms with Crippen LogP contribution in [0.4, 0.5) is 5.69 Å². The first-order valence-corrected chi connectivity index (χ1v) is 23.2. The van der Waals surface area contributed by atoms with Crippen molar-refractivity contribution in [2.45, 2.75) is 114 Å². The lowest BCUT2D eigenvalue weighted by Crippen LogP contribution is -2.54. The number of aryl methyl sites for hydroxylation is 1. The molecule has 3 aliphatic carbocycles. The standard InChI is InChI=1S/C38H54ClNO7SSi/c1-37(2,3)49(5,6)47-35(26-9-7-11-30(20-26)46-48(4,43)44)31-15-12-28(31)22-40-23-38(18-8-10-25-19-29(39)14-16-32(25)38)24-45-34-17-13-27(36(41)42)21-33(34)40/h13-14,16-17,19,21,26,28,30-31,35H,7-12,15,18,20,22-24H2,1-6H3,(H,41,42)/t26-,28+,30+,31-,35?,38?/m1/s1. The van der Waals surface area contributed by atoms with Crippen molar-refractivity contribution in [2.75, 3.05) is 30.9 Å². The van der Waals surface area contributed by atoms with Crippen LogP contribution in [0.25, 0.3) is 0 Å². The van der Waals surface area contributed by atoms with E-state index in [1.165, 1.54) is 11.1 Å². The summed E-state index contributed by atoms with van der Waals surface area (Å²) in [5.74, 6) is 0.616. The van der Waals surface area contributed by atoms with Crippen molar-refractivity contribution in [3.63, 3.8) is 0 Å². The van der Waals surface area contributed by atoms with E-state index in [2.05, 4.69) is 50.9 Å². The molecule has 2 aromatic rings. The zero-order chi connectivity index (χ0) is 35.4. The van der Waals surface area contributed by atoms with Gasteiger partial charge < -0.3 is 19.2 Å². The molecule has 1 N–H and O–H groups in total. The molecule has 8 nitrogen and oxygen atoms in total. The number of carboxylic acid groups (broad SMARTS) is 1. The molecule has 0 amide bonds. The lowest BCUT2D eigenvalue weighted by Gasteiger charge is -2.52. The number of anilines is 1. The van der Waals surface area contributed by atoms with Gasteiger partial charge in [0.25, 0.3) is 10.1 Å². The fourth-order valence-corrected chi connectivity index (χ4v) is 10.9. The molecule has 49 heavy (non-hydrogen) atoms. The summed E-state index contributed by atoms with van der Waals surface area (Å²) in [7, 11) is -5.73. The molecule has 0 radical (unpaired) electrons. The van der Waals surface area contributed by atoms with E-state index in [1.807, 2.05) is 12.1 Å². The van der Waals surface area contributed by atoms with Gasteiger partial charge in [0, 0.05) is 23.5 Å². The van der Waals surface area contributed by atoms with E-state index in [1.54, 1.807) is 12.1 Å². The smallest absolute Gasteiger partial charge is 0.335 e. The summed E-state index contributed by atoms with van der Waals surface area (Å²) in [4.78, 5) is 14.6. The first kappa shape index (κ1) is 36.7. The van der Waals surface area contributed by atoms with E-state index >= 15 is 0 Å². The van der Waals surface area contributed by atoms with Crippen LogP contribution in [0.5, 0.6) is 5.75 Å². The molecule has 2 unspecified atom stereocenters. The number of halogens is 1. The van der Waals surface area contributed by atoms with Gasteiger partial charge in [-0.05, 0) is 129 Å². The number of hydrogen-bond donors (Lipinski definition) is 1. The molecule has 6 rings (SSSR count). The fraction of sp³-hybridized carbons (Fsp3) is 0.658. The average Bonchev–Trinajstić information content (AvgIpc) is 3.14. The maximum absolute atomic E-state index is 12.2. The van der Waals surface area contributed by atoms with Gasteiger partial charge in [-0.15, -0.1) is 0 Å². The van der Waals surface area contributed by atoms with Crippen molar-refractivity contribution >= 4 is 41.7 Å². The van der Waals surface area contributed by atoms with Crippen molar-refractivity contribution in [1.82, 2.24) is 0 Å². The van der Waals surface area contributed by atoms with Crippen molar-refractivity contribution in [1.29, 1.82) is 0 Å². The van der Waals surface area contributed by atoms with Gasteiger partial charge in [-0.25, -0.2) is 4.79 Å². The van der Waals surface area contributed by atoms with Crippen LogP contribution in [0.3, 0.4) is 0 Å². The van der Waals surface area contributed by atoms with Crippen LogP contribution in [0.15, 0.2) is 36.4 Å². The van der Waals surface area contributed by atoms with Gasteiger partial charge in [-0.1, -0.05) is 44.9 Å². The quantitative estimate of drug-likeness (QED) is 0.203. The molecule has 2 saturated carbocycles. The molecule has 6 atom stereocenters. The van der Waals surface area contributed by atoms with Crippen molar-refractivity contribution in [3.05, 3.63) is 58.1 Å². The second-order valence-electron chi connectivity index (χ2n) is 16.8. The summed E-state index contributed by atoms with van der Waals surface area (Å²) in [6, 6.07) is 11.5. The summed E-state index contributed by atoms with van der Waals surface area (Å²) in [6.07, 6.45) is 9.28. The monoisotopic (exact) mass is 731 g/mol. The SMILES string of the molecule is CC(C)(C)[Si](C)(C)OC([C@@H]1CCC[C@H](OS(C)(=O)=O)C1)[C@@H]1CC[C@H]1CN1CC2(CCCc3cc(Cl)ccc32)COc2ccc(C(=O)O)cc21. The largest absolute Gasteiger partial charge is 0.490 e. The van der Waals surface area contributed by atoms with Crippen molar-refractivity contribution in [3.8, 4) is 5.75 Å². The lowest BCUT2D eigenvalue weighted by atomic mass is 9.65. The van der Waals surface area contributed by atoms with Crippen molar-refractivity contribution < 1.29 is 31.7 Å². The summed E-state index contributed by atoms with van der Waals surface area (Å²) in [6.45, 7) is 13.5. The topological polar surface area (TPSA) is 102 Å². The molecule has 1 aliphatic heterocycles. The maximum atomic E-state index is 12.2. The van der Waals surface area contributed by atoms with E-state index in [4.69, 9.17) is 24.9 Å². The molecule has 1 spiro atoms. The first-order chi connectivity index (χ1) is 22.9. The molecule has 2 aromatic carbocycles. The molecular formula is C38H54ClNO7SSi. The zero-order valence-electron chi connectivity index (χ0n) is 30.0. The molecule has 0 aromatic heterocycles. The number of aromatic carboxylic acids is 1. The van der Waals surface area contributed by atoms with Gasteiger partial charge in [-0.2, -0.15) is 8.42 Å². The van der Waals surface area contributed by atoms with Crippen LogP contribution in [0.2, 0.25) is 23.2 Å². The van der Waals surface area contributed by atoms with Gasteiger partial charge in [0.2, 0.25) is 0 Å². The Hall–Kier alpha value is -2.11. The normalized spacial score (nSPS) is 28.1. The van der Waals surface area contributed by atoms with Crippen LogP contribution in [-0.4, -0.2) is 66.0 Å². The number of carbonyl (C=O) groups is 1. The number of benzene rings is 2. The predicted molar refractivity (Wildman–Crippen MR) is 197 cm³/mol.